The molecule has 1 unspecified atom stereocenters. The topological polar surface area (TPSA) is 74.4 Å². The summed E-state index contributed by atoms with van der Waals surface area (Å²) >= 11 is 15.0. The summed E-state index contributed by atoms with van der Waals surface area (Å²) in [5.41, 5.74) is 3.21. The van der Waals surface area contributed by atoms with Gasteiger partial charge in [0.2, 0.25) is 0 Å². The number of aromatic amines is 1. The first-order chi connectivity index (χ1) is 15.4. The molecule has 0 bridgehead atoms. The molecule has 168 valence electrons. The number of halogens is 2. The van der Waals surface area contributed by atoms with Crippen molar-refractivity contribution in [3.63, 3.8) is 0 Å². The number of aryl methyl sites for hydroxylation is 1. The zero-order valence-electron chi connectivity index (χ0n) is 17.8. The fourth-order valence-corrected chi connectivity index (χ4v) is 6.27. The van der Waals surface area contributed by atoms with Crippen LogP contribution in [0.25, 0.3) is 10.1 Å². The lowest BCUT2D eigenvalue weighted by molar-refractivity contribution is 0.0292. The normalized spacial score (nSPS) is 17.5. The van der Waals surface area contributed by atoms with E-state index in [1.807, 2.05) is 24.4 Å². The lowest BCUT2D eigenvalue weighted by Crippen LogP contribution is -2.46. The van der Waals surface area contributed by atoms with E-state index in [1.54, 1.807) is 23.3 Å². The van der Waals surface area contributed by atoms with E-state index in [0.29, 0.717) is 34.1 Å². The van der Waals surface area contributed by atoms with Gasteiger partial charge in [0.05, 0.1) is 27.9 Å². The van der Waals surface area contributed by atoms with Gasteiger partial charge >= 0.3 is 0 Å². The smallest absolute Gasteiger partial charge is 0.256 e. The van der Waals surface area contributed by atoms with Crippen LogP contribution < -0.4 is 10.9 Å². The van der Waals surface area contributed by atoms with E-state index in [0.717, 1.165) is 40.0 Å². The quantitative estimate of drug-likeness (QED) is 0.557. The number of amides is 1. The minimum absolute atomic E-state index is 0.165. The van der Waals surface area contributed by atoms with E-state index in [4.69, 9.17) is 27.9 Å². The average Bonchev–Trinajstić information content (AvgIpc) is 3.22. The Balaban J connectivity index is 1.54. The Labute approximate surface area is 199 Å². The number of hydrogen-bond donors (Lipinski definition) is 2. The third kappa shape index (κ3) is 3.47. The molecule has 0 spiro atoms. The van der Waals surface area contributed by atoms with Crippen LogP contribution in [0.3, 0.4) is 0 Å². The van der Waals surface area contributed by atoms with Gasteiger partial charge in [0, 0.05) is 59.9 Å². The van der Waals surface area contributed by atoms with E-state index < -0.39 is 0 Å². The lowest BCUT2D eigenvalue weighted by atomic mass is 9.87. The SMILES string of the molecule is COC(c1cc(Cl)c2c(c1Cl)C(=O)N(Cc1c(=O)[nH]c(C)c3sccc13)CC2)C1CNC1. The average molecular weight is 492 g/mol. The molecule has 1 aromatic carbocycles. The van der Waals surface area contributed by atoms with Crippen molar-refractivity contribution < 1.29 is 9.53 Å². The van der Waals surface area contributed by atoms with Gasteiger partial charge in [-0.05, 0) is 36.4 Å². The molecule has 1 atom stereocenters. The maximum atomic E-state index is 13.6. The zero-order chi connectivity index (χ0) is 22.6. The highest BCUT2D eigenvalue weighted by Gasteiger charge is 2.35. The monoisotopic (exact) mass is 491 g/mol. The van der Waals surface area contributed by atoms with Crippen LogP contribution in [0, 0.1) is 12.8 Å². The Morgan fingerprint density at radius 3 is 2.78 bits per heavy atom. The summed E-state index contributed by atoms with van der Waals surface area (Å²) in [4.78, 5) is 30.9. The van der Waals surface area contributed by atoms with E-state index >= 15 is 0 Å². The van der Waals surface area contributed by atoms with Crippen molar-refractivity contribution in [2.45, 2.75) is 26.0 Å². The molecule has 9 heteroatoms. The molecule has 4 heterocycles. The van der Waals surface area contributed by atoms with Crippen LogP contribution in [-0.2, 0) is 17.7 Å². The molecule has 2 aliphatic rings. The van der Waals surface area contributed by atoms with Crippen LogP contribution in [0.1, 0.15) is 38.8 Å². The van der Waals surface area contributed by atoms with Gasteiger partial charge in [-0.2, -0.15) is 0 Å². The summed E-state index contributed by atoms with van der Waals surface area (Å²) in [5, 5.41) is 7.04. The predicted molar refractivity (Wildman–Crippen MR) is 128 cm³/mol. The molecular weight excluding hydrogens is 469 g/mol. The number of benzene rings is 1. The van der Waals surface area contributed by atoms with Crippen molar-refractivity contribution in [1.29, 1.82) is 0 Å². The molecule has 32 heavy (non-hydrogen) atoms. The van der Waals surface area contributed by atoms with Crippen molar-refractivity contribution in [3.05, 3.63) is 65.9 Å². The summed E-state index contributed by atoms with van der Waals surface area (Å²) in [6, 6.07) is 3.79. The zero-order valence-corrected chi connectivity index (χ0v) is 20.1. The highest BCUT2D eigenvalue weighted by molar-refractivity contribution is 7.17. The number of pyridine rings is 1. The van der Waals surface area contributed by atoms with E-state index in [9.17, 15) is 9.59 Å². The number of nitrogens with zero attached hydrogens (tertiary/aromatic N) is 1. The molecular formula is C23H23Cl2N3O3S. The summed E-state index contributed by atoms with van der Waals surface area (Å²) in [6.45, 7) is 4.24. The summed E-state index contributed by atoms with van der Waals surface area (Å²) in [6.07, 6.45) is 0.346. The van der Waals surface area contributed by atoms with Gasteiger partial charge in [-0.3, -0.25) is 9.59 Å². The number of nitrogens with one attached hydrogen (secondary N) is 2. The number of methoxy groups -OCH3 is 1. The fourth-order valence-electron chi connectivity index (χ4n) is 4.72. The molecule has 0 radical (unpaired) electrons. The van der Waals surface area contributed by atoms with Gasteiger partial charge in [0.15, 0.2) is 0 Å². The molecule has 5 rings (SSSR count). The van der Waals surface area contributed by atoms with Gasteiger partial charge in [-0.1, -0.05) is 23.2 Å². The van der Waals surface area contributed by atoms with Crippen molar-refractivity contribution >= 4 is 50.5 Å². The standard InChI is InChI=1S/C23H23Cl2N3O3S/c1-11-21-13(4-6-32-21)16(22(29)27-11)10-28-5-3-14-17(24)7-15(19(25)18(14)23(28)30)20(31-2)12-8-26-9-12/h4,6-7,12,20,26H,3,5,8-10H2,1-2H3,(H,27,29). The van der Waals surface area contributed by atoms with Crippen LogP contribution in [0.15, 0.2) is 22.3 Å². The van der Waals surface area contributed by atoms with Crippen LogP contribution in [0.2, 0.25) is 10.0 Å². The van der Waals surface area contributed by atoms with Crippen molar-refractivity contribution in [2.75, 3.05) is 26.7 Å². The first-order valence-corrected chi connectivity index (χ1v) is 12.2. The summed E-state index contributed by atoms with van der Waals surface area (Å²) in [5.74, 6) is 0.0735. The number of hydrogen-bond acceptors (Lipinski definition) is 5. The van der Waals surface area contributed by atoms with Crippen LogP contribution in [0.4, 0.5) is 0 Å². The second kappa shape index (κ2) is 8.47. The molecule has 2 aromatic heterocycles. The number of aromatic nitrogens is 1. The second-order valence-electron chi connectivity index (χ2n) is 8.39. The molecule has 3 aromatic rings. The number of fused-ring (bicyclic) bond motifs is 2. The molecule has 6 nitrogen and oxygen atoms in total. The maximum Gasteiger partial charge on any atom is 0.256 e. The maximum absolute atomic E-state index is 13.6. The van der Waals surface area contributed by atoms with Gasteiger partial charge in [0.1, 0.15) is 0 Å². The number of thiophene rings is 1. The first kappa shape index (κ1) is 21.9. The second-order valence-corrected chi connectivity index (χ2v) is 10.1. The van der Waals surface area contributed by atoms with Crippen LogP contribution in [0.5, 0.6) is 0 Å². The number of carbonyl (C=O) groups excluding carboxylic acids is 1. The van der Waals surface area contributed by atoms with E-state index in [1.165, 1.54) is 0 Å². The van der Waals surface area contributed by atoms with E-state index in [-0.39, 0.29) is 30.0 Å². The van der Waals surface area contributed by atoms with Crippen LogP contribution in [-0.4, -0.2) is 42.5 Å². The summed E-state index contributed by atoms with van der Waals surface area (Å²) < 4.78 is 6.77. The third-order valence-electron chi connectivity index (χ3n) is 6.53. The summed E-state index contributed by atoms with van der Waals surface area (Å²) in [7, 11) is 1.65. The molecule has 1 fully saturated rings. The van der Waals surface area contributed by atoms with Gasteiger partial charge in [-0.25, -0.2) is 0 Å². The molecule has 1 saturated heterocycles. The highest BCUT2D eigenvalue weighted by Crippen LogP contribution is 2.41. The molecule has 0 aliphatic carbocycles. The highest BCUT2D eigenvalue weighted by atomic mass is 35.5. The number of ether oxygens (including phenoxy) is 1. The third-order valence-corrected chi connectivity index (χ3v) is 8.31. The minimum Gasteiger partial charge on any atom is -0.376 e. The Bertz CT molecular complexity index is 1280. The minimum atomic E-state index is -0.236. The van der Waals surface area contributed by atoms with Crippen molar-refractivity contribution in [3.8, 4) is 0 Å². The molecule has 1 amide bonds. The Morgan fingerprint density at radius 2 is 2.09 bits per heavy atom. The van der Waals surface area contributed by atoms with E-state index in [2.05, 4.69) is 10.3 Å². The number of H-pyrrole nitrogens is 1. The molecule has 2 aliphatic heterocycles. The van der Waals surface area contributed by atoms with Crippen LogP contribution >= 0.6 is 34.5 Å². The number of rotatable bonds is 5. The molecule has 2 N–H and O–H groups in total. The Morgan fingerprint density at radius 1 is 1.31 bits per heavy atom. The predicted octanol–water partition coefficient (Wildman–Crippen LogP) is 4.31. The Hall–Kier alpha value is -1.90. The van der Waals surface area contributed by atoms with Gasteiger partial charge < -0.3 is 19.9 Å². The first-order valence-electron chi connectivity index (χ1n) is 10.5. The van der Waals surface area contributed by atoms with Gasteiger partial charge in [0.25, 0.3) is 11.5 Å². The van der Waals surface area contributed by atoms with Gasteiger partial charge in [-0.15, -0.1) is 11.3 Å². The Kier molecular flexibility index (Phi) is 5.80. The lowest BCUT2D eigenvalue weighted by Gasteiger charge is -2.36. The van der Waals surface area contributed by atoms with Crippen molar-refractivity contribution in [1.82, 2.24) is 15.2 Å². The van der Waals surface area contributed by atoms with Crippen molar-refractivity contribution in [2.24, 2.45) is 5.92 Å². The number of carbonyl (C=O) groups is 1. The molecule has 0 saturated carbocycles. The fraction of sp³-hybridized carbons (Fsp3) is 0.391. The largest absolute Gasteiger partial charge is 0.376 e.